The Morgan fingerprint density at radius 1 is 0.806 bits per heavy atom. The van der Waals surface area contributed by atoms with Crippen molar-refractivity contribution < 1.29 is 19.1 Å². The van der Waals surface area contributed by atoms with E-state index in [-0.39, 0.29) is 28.1 Å². The van der Waals surface area contributed by atoms with Crippen LogP contribution in [-0.2, 0) is 16.0 Å². The maximum Gasteiger partial charge on any atom is 0.329 e. The van der Waals surface area contributed by atoms with E-state index in [1.165, 1.54) is 0 Å². The van der Waals surface area contributed by atoms with Crippen LogP contribution in [-0.4, -0.2) is 29.9 Å². The van der Waals surface area contributed by atoms with Gasteiger partial charge in [0.25, 0.3) is 11.8 Å². The molecule has 36 heavy (non-hydrogen) atoms. The highest BCUT2D eigenvalue weighted by atomic mass is 35.5. The average Bonchev–Trinajstić information content (AvgIpc) is 2.79. The molecule has 9 heteroatoms. The molecule has 1 unspecified atom stereocenters. The molecule has 0 aromatic heterocycles. The van der Waals surface area contributed by atoms with Crippen LogP contribution in [0.5, 0.6) is 0 Å². The lowest BCUT2D eigenvalue weighted by atomic mass is 10.0. The fourth-order valence-electron chi connectivity index (χ4n) is 3.53. The fraction of sp³-hybridized carbons (Fsp3) is 0.222. The molecular weight excluding hydrogens is 523 g/mol. The summed E-state index contributed by atoms with van der Waals surface area (Å²) in [5.41, 5.74) is 2.42. The summed E-state index contributed by atoms with van der Waals surface area (Å²) in [4.78, 5) is 38.4. The maximum absolute atomic E-state index is 13.0. The standard InChI is InChI=1S/C27H25Cl3N2O4/c1-15(2)36-27(35)22(32-25(33)23-16(3)6-4-7-19(23)28)14-17-10-12-18(13-11-17)31-26(34)24-20(29)8-5-9-21(24)30/h4-13,15,22H,14H2,1-3H3,(H,31,34)(H,32,33). The van der Waals surface area contributed by atoms with Gasteiger partial charge in [-0.2, -0.15) is 0 Å². The van der Waals surface area contributed by atoms with Gasteiger partial charge in [0.05, 0.1) is 32.3 Å². The Morgan fingerprint density at radius 3 is 1.92 bits per heavy atom. The topological polar surface area (TPSA) is 84.5 Å². The number of hydrogen-bond donors (Lipinski definition) is 2. The van der Waals surface area contributed by atoms with Gasteiger partial charge >= 0.3 is 5.97 Å². The second-order valence-corrected chi connectivity index (χ2v) is 9.62. The molecule has 0 aliphatic heterocycles. The number of carbonyl (C=O) groups excluding carboxylic acids is 3. The molecule has 0 bridgehead atoms. The molecule has 3 rings (SSSR count). The zero-order valence-electron chi connectivity index (χ0n) is 19.9. The number of aryl methyl sites for hydroxylation is 1. The van der Waals surface area contributed by atoms with Gasteiger partial charge in [0.15, 0.2) is 0 Å². The van der Waals surface area contributed by atoms with Gasteiger partial charge in [0.2, 0.25) is 0 Å². The third-order valence-electron chi connectivity index (χ3n) is 5.23. The molecule has 0 spiro atoms. The number of nitrogens with one attached hydrogen (secondary N) is 2. The predicted molar refractivity (Wildman–Crippen MR) is 143 cm³/mol. The van der Waals surface area contributed by atoms with E-state index < -0.39 is 23.8 Å². The average molecular weight is 548 g/mol. The molecule has 2 amide bonds. The SMILES string of the molecule is Cc1cccc(Cl)c1C(=O)NC(Cc1ccc(NC(=O)c2c(Cl)cccc2Cl)cc1)C(=O)OC(C)C. The van der Waals surface area contributed by atoms with Crippen molar-refractivity contribution in [2.75, 3.05) is 5.32 Å². The predicted octanol–water partition coefficient (Wildman–Crippen LogP) is 6.50. The third-order valence-corrected chi connectivity index (χ3v) is 6.18. The molecule has 0 radical (unpaired) electrons. The first-order chi connectivity index (χ1) is 17.1. The van der Waals surface area contributed by atoms with Crippen molar-refractivity contribution in [3.8, 4) is 0 Å². The highest BCUT2D eigenvalue weighted by Crippen LogP contribution is 2.25. The number of benzene rings is 3. The van der Waals surface area contributed by atoms with Crippen LogP contribution in [0.4, 0.5) is 5.69 Å². The van der Waals surface area contributed by atoms with Crippen molar-refractivity contribution in [1.29, 1.82) is 0 Å². The van der Waals surface area contributed by atoms with Crippen LogP contribution >= 0.6 is 34.8 Å². The Kier molecular flexibility index (Phi) is 9.37. The monoisotopic (exact) mass is 546 g/mol. The fourth-order valence-corrected chi connectivity index (χ4v) is 4.40. The summed E-state index contributed by atoms with van der Waals surface area (Å²) in [7, 11) is 0. The van der Waals surface area contributed by atoms with Crippen LogP contribution < -0.4 is 10.6 Å². The first-order valence-corrected chi connectivity index (χ1v) is 12.3. The molecule has 3 aromatic carbocycles. The number of amides is 2. The van der Waals surface area contributed by atoms with Gasteiger partial charge in [-0.3, -0.25) is 9.59 Å². The Bertz CT molecular complexity index is 1240. The molecular formula is C27H25Cl3N2O4. The number of carbonyl (C=O) groups is 3. The van der Waals surface area contributed by atoms with Gasteiger partial charge in [-0.05, 0) is 62.2 Å². The van der Waals surface area contributed by atoms with Crippen molar-refractivity contribution in [1.82, 2.24) is 5.32 Å². The van der Waals surface area contributed by atoms with E-state index in [1.54, 1.807) is 81.4 Å². The Balaban J connectivity index is 1.76. The van der Waals surface area contributed by atoms with E-state index in [0.29, 0.717) is 21.8 Å². The lowest BCUT2D eigenvalue weighted by Crippen LogP contribution is -2.44. The second kappa shape index (κ2) is 12.3. The zero-order valence-corrected chi connectivity index (χ0v) is 22.2. The van der Waals surface area contributed by atoms with Crippen LogP contribution in [0.1, 0.15) is 45.7 Å². The highest BCUT2D eigenvalue weighted by Gasteiger charge is 2.26. The lowest BCUT2D eigenvalue weighted by molar-refractivity contribution is -0.149. The molecule has 0 saturated carbocycles. The van der Waals surface area contributed by atoms with Gasteiger partial charge in [0, 0.05) is 12.1 Å². The second-order valence-electron chi connectivity index (χ2n) is 8.40. The summed E-state index contributed by atoms with van der Waals surface area (Å²) in [6, 6.07) is 15.9. The van der Waals surface area contributed by atoms with Crippen molar-refractivity contribution >= 4 is 58.3 Å². The van der Waals surface area contributed by atoms with E-state index >= 15 is 0 Å². The minimum atomic E-state index is -0.946. The first kappa shape index (κ1) is 27.5. The smallest absolute Gasteiger partial charge is 0.329 e. The van der Waals surface area contributed by atoms with Crippen LogP contribution in [0.2, 0.25) is 15.1 Å². The van der Waals surface area contributed by atoms with E-state index in [1.807, 2.05) is 0 Å². The summed E-state index contributed by atoms with van der Waals surface area (Å²) in [5, 5.41) is 6.28. The number of rotatable bonds is 8. The van der Waals surface area contributed by atoms with Crippen LogP contribution in [0.3, 0.4) is 0 Å². The zero-order chi connectivity index (χ0) is 26.4. The summed E-state index contributed by atoms with van der Waals surface area (Å²) >= 11 is 18.5. The normalized spacial score (nSPS) is 11.6. The highest BCUT2D eigenvalue weighted by molar-refractivity contribution is 6.40. The number of ether oxygens (including phenoxy) is 1. The van der Waals surface area contributed by atoms with Crippen LogP contribution in [0.25, 0.3) is 0 Å². The molecule has 0 aliphatic carbocycles. The van der Waals surface area contributed by atoms with Crippen molar-refractivity contribution in [2.24, 2.45) is 0 Å². The van der Waals surface area contributed by atoms with Crippen molar-refractivity contribution in [3.05, 3.63) is 98.0 Å². The van der Waals surface area contributed by atoms with Gasteiger partial charge in [0.1, 0.15) is 6.04 Å². The molecule has 6 nitrogen and oxygen atoms in total. The summed E-state index contributed by atoms with van der Waals surface area (Å²) in [6.07, 6.45) is -0.182. The van der Waals surface area contributed by atoms with E-state index in [0.717, 1.165) is 5.56 Å². The first-order valence-electron chi connectivity index (χ1n) is 11.2. The Morgan fingerprint density at radius 2 is 1.36 bits per heavy atom. The van der Waals surface area contributed by atoms with Crippen molar-refractivity contribution in [3.63, 3.8) is 0 Å². The summed E-state index contributed by atoms with van der Waals surface area (Å²) in [6.45, 7) is 5.24. The minimum absolute atomic E-state index is 0.172. The molecule has 0 saturated heterocycles. The van der Waals surface area contributed by atoms with E-state index in [4.69, 9.17) is 39.5 Å². The Labute approximate surface area is 224 Å². The minimum Gasteiger partial charge on any atom is -0.461 e. The number of hydrogen-bond acceptors (Lipinski definition) is 4. The van der Waals surface area contributed by atoms with Gasteiger partial charge in [-0.25, -0.2) is 4.79 Å². The molecule has 188 valence electrons. The van der Waals surface area contributed by atoms with E-state index in [9.17, 15) is 14.4 Å². The lowest BCUT2D eigenvalue weighted by Gasteiger charge is -2.20. The largest absolute Gasteiger partial charge is 0.461 e. The number of esters is 1. The van der Waals surface area contributed by atoms with Crippen LogP contribution in [0.15, 0.2) is 60.7 Å². The quantitative estimate of drug-likeness (QED) is 0.315. The molecule has 2 N–H and O–H groups in total. The maximum atomic E-state index is 13.0. The molecule has 3 aromatic rings. The number of anilines is 1. The molecule has 0 fully saturated rings. The van der Waals surface area contributed by atoms with Crippen molar-refractivity contribution in [2.45, 2.75) is 39.3 Å². The number of halogens is 3. The van der Waals surface area contributed by atoms with E-state index in [2.05, 4.69) is 10.6 Å². The Hall–Kier alpha value is -3.06. The molecule has 0 heterocycles. The van der Waals surface area contributed by atoms with Crippen LogP contribution in [0, 0.1) is 6.92 Å². The summed E-state index contributed by atoms with van der Waals surface area (Å²) < 4.78 is 5.36. The van der Waals surface area contributed by atoms with Gasteiger partial charge in [-0.15, -0.1) is 0 Å². The molecule has 0 aliphatic rings. The van der Waals surface area contributed by atoms with Gasteiger partial charge in [-0.1, -0.05) is 65.1 Å². The molecule has 1 atom stereocenters. The van der Waals surface area contributed by atoms with Gasteiger partial charge < -0.3 is 15.4 Å². The summed E-state index contributed by atoms with van der Waals surface area (Å²) in [5.74, 6) is -1.47. The third kappa shape index (κ3) is 7.00.